The number of nitrogens with zero attached hydrogens (tertiary/aromatic N) is 1. The van der Waals surface area contributed by atoms with Gasteiger partial charge < -0.3 is 0 Å². The fourth-order valence-corrected chi connectivity index (χ4v) is 5.40. The monoisotopic (exact) mass is 273 g/mol. The van der Waals surface area contributed by atoms with Crippen molar-refractivity contribution in [3.8, 4) is 0 Å². The first-order valence-corrected chi connectivity index (χ1v) is 8.18. The lowest BCUT2D eigenvalue weighted by atomic mass is 10.2. The Balaban J connectivity index is 2.22. The lowest BCUT2D eigenvalue weighted by Crippen LogP contribution is -2.21. The maximum Gasteiger partial charge on any atom is 0.159 e. The number of thiazole rings is 1. The molecule has 1 aliphatic heterocycles. The van der Waals surface area contributed by atoms with Crippen LogP contribution >= 0.6 is 11.3 Å². The van der Waals surface area contributed by atoms with Gasteiger partial charge in [0.05, 0.1) is 5.75 Å². The minimum atomic E-state index is -3.03. The lowest BCUT2D eigenvalue weighted by Gasteiger charge is -2.19. The summed E-state index contributed by atoms with van der Waals surface area (Å²) >= 11 is 1.36. The Kier molecular flexibility index (Phi) is 3.63. The van der Waals surface area contributed by atoms with Crippen molar-refractivity contribution in [2.24, 2.45) is 0 Å². The molecule has 1 unspecified atom stereocenters. The first kappa shape index (κ1) is 12.7. The minimum absolute atomic E-state index is 0.0756. The van der Waals surface area contributed by atoms with E-state index in [4.69, 9.17) is 0 Å². The average molecular weight is 273 g/mol. The van der Waals surface area contributed by atoms with Gasteiger partial charge in [-0.15, -0.1) is 11.3 Å². The van der Waals surface area contributed by atoms with Crippen LogP contribution in [-0.4, -0.2) is 24.9 Å². The van der Waals surface area contributed by atoms with Gasteiger partial charge in [0.25, 0.3) is 0 Å². The zero-order valence-electron chi connectivity index (χ0n) is 9.68. The molecule has 2 heterocycles. The molecule has 0 bridgehead atoms. The Morgan fingerprint density at radius 2 is 2.29 bits per heavy atom. The quantitative estimate of drug-likeness (QED) is 0.844. The molecular formula is C11H15NO3S2. The molecule has 1 atom stereocenters. The summed E-state index contributed by atoms with van der Waals surface area (Å²) in [6.45, 7) is 1.52. The highest BCUT2D eigenvalue weighted by Crippen LogP contribution is 2.35. The summed E-state index contributed by atoms with van der Waals surface area (Å²) in [5.41, 5.74) is 0. The molecule has 0 spiro atoms. The molecule has 4 nitrogen and oxygen atoms in total. The molecule has 1 saturated heterocycles. The fourth-order valence-electron chi connectivity index (χ4n) is 2.03. The second-order valence-electron chi connectivity index (χ2n) is 4.40. The normalized spacial score (nSPS) is 23.5. The van der Waals surface area contributed by atoms with Crippen LogP contribution < -0.4 is 0 Å². The molecule has 2 rings (SSSR count). The molecule has 0 radical (unpaired) electrons. The Hall–Kier alpha value is -0.750. The minimum Gasteiger partial charge on any atom is -0.300 e. The second-order valence-corrected chi connectivity index (χ2v) is 7.84. The van der Waals surface area contributed by atoms with Crippen LogP contribution in [0.1, 0.15) is 41.3 Å². The van der Waals surface area contributed by atoms with Gasteiger partial charge in [0.2, 0.25) is 0 Å². The van der Waals surface area contributed by atoms with E-state index in [1.165, 1.54) is 18.3 Å². The molecule has 6 heteroatoms. The first-order chi connectivity index (χ1) is 7.99. The number of sulfone groups is 1. The fraction of sp³-hybridized carbons (Fsp3) is 0.636. The Morgan fingerprint density at radius 3 is 2.94 bits per heavy atom. The van der Waals surface area contributed by atoms with Crippen LogP contribution in [0.2, 0.25) is 0 Å². The van der Waals surface area contributed by atoms with Crippen LogP contribution in [0.3, 0.4) is 0 Å². The van der Waals surface area contributed by atoms with E-state index in [0.717, 1.165) is 17.7 Å². The number of carbonyl (C=O) groups excluding carboxylic acids is 1. The van der Waals surface area contributed by atoms with Crippen molar-refractivity contribution in [3.63, 3.8) is 0 Å². The van der Waals surface area contributed by atoms with E-state index in [2.05, 4.69) is 4.98 Å². The molecular weight excluding hydrogens is 258 g/mol. The number of aromatic nitrogens is 1. The Morgan fingerprint density at radius 1 is 1.53 bits per heavy atom. The van der Waals surface area contributed by atoms with E-state index < -0.39 is 15.1 Å². The molecule has 17 heavy (non-hydrogen) atoms. The van der Waals surface area contributed by atoms with Crippen LogP contribution in [0.5, 0.6) is 0 Å². The van der Waals surface area contributed by atoms with Gasteiger partial charge in [0.15, 0.2) is 9.84 Å². The number of carbonyl (C=O) groups is 1. The van der Waals surface area contributed by atoms with Crippen LogP contribution in [0.25, 0.3) is 0 Å². The summed E-state index contributed by atoms with van der Waals surface area (Å²) in [5, 5.41) is 0.211. The van der Waals surface area contributed by atoms with Gasteiger partial charge in [0, 0.05) is 17.5 Å². The van der Waals surface area contributed by atoms with E-state index in [9.17, 15) is 13.2 Å². The third kappa shape index (κ3) is 2.93. The van der Waals surface area contributed by atoms with E-state index in [-0.39, 0.29) is 11.5 Å². The number of hydrogen-bond acceptors (Lipinski definition) is 5. The van der Waals surface area contributed by atoms with E-state index in [1.807, 2.05) is 0 Å². The highest BCUT2D eigenvalue weighted by Gasteiger charge is 2.32. The third-order valence-electron chi connectivity index (χ3n) is 2.85. The highest BCUT2D eigenvalue weighted by atomic mass is 32.2. The number of rotatable bonds is 3. The largest absolute Gasteiger partial charge is 0.300 e. The molecule has 0 aliphatic carbocycles. The van der Waals surface area contributed by atoms with Crippen molar-refractivity contribution < 1.29 is 13.2 Å². The summed E-state index contributed by atoms with van der Waals surface area (Å²) in [6.07, 6.45) is 4.33. The molecule has 0 saturated carbocycles. The van der Waals surface area contributed by atoms with Gasteiger partial charge in [-0.2, -0.15) is 0 Å². The van der Waals surface area contributed by atoms with Crippen LogP contribution in [0.4, 0.5) is 0 Å². The third-order valence-corrected chi connectivity index (χ3v) is 6.29. The van der Waals surface area contributed by atoms with Crippen molar-refractivity contribution in [2.75, 3.05) is 5.75 Å². The maximum absolute atomic E-state index is 11.9. The van der Waals surface area contributed by atoms with Crippen LogP contribution in [-0.2, 0) is 21.1 Å². The smallest absolute Gasteiger partial charge is 0.159 e. The van der Waals surface area contributed by atoms with Crippen LogP contribution in [0, 0.1) is 0 Å². The average Bonchev–Trinajstić information content (AvgIpc) is 2.64. The van der Waals surface area contributed by atoms with Crippen molar-refractivity contribution in [1.82, 2.24) is 4.98 Å². The maximum atomic E-state index is 11.9. The first-order valence-electron chi connectivity index (χ1n) is 5.64. The molecule has 0 amide bonds. The molecule has 0 N–H and O–H groups in total. The molecule has 94 valence electrons. The van der Waals surface area contributed by atoms with E-state index >= 15 is 0 Å². The van der Waals surface area contributed by atoms with Gasteiger partial charge in [-0.1, -0.05) is 6.42 Å². The van der Waals surface area contributed by atoms with Gasteiger partial charge in [-0.25, -0.2) is 13.4 Å². The zero-order chi connectivity index (χ0) is 12.5. The van der Waals surface area contributed by atoms with Gasteiger partial charge in [-0.05, 0) is 19.8 Å². The van der Waals surface area contributed by atoms with Gasteiger partial charge in [-0.3, -0.25) is 4.79 Å². The van der Waals surface area contributed by atoms with Crippen molar-refractivity contribution in [3.05, 3.63) is 16.1 Å². The Labute approximate surface area is 105 Å². The summed E-state index contributed by atoms with van der Waals surface area (Å²) in [4.78, 5) is 16.0. The van der Waals surface area contributed by atoms with Crippen molar-refractivity contribution >= 4 is 27.0 Å². The molecule has 0 aromatic carbocycles. The molecule has 1 fully saturated rings. The Bertz CT molecular complexity index is 519. The molecule has 1 aromatic heterocycles. The van der Waals surface area contributed by atoms with Crippen molar-refractivity contribution in [2.45, 2.75) is 37.9 Å². The van der Waals surface area contributed by atoms with Crippen LogP contribution in [0.15, 0.2) is 6.20 Å². The SMILES string of the molecule is CC(=O)Cc1cnc(C2CCCCS2(=O)=O)s1. The standard InChI is InChI=1S/C11H15NO3S2/c1-8(13)6-9-7-12-11(16-9)10-4-2-3-5-17(10,14)15/h7,10H,2-6H2,1H3. The zero-order valence-corrected chi connectivity index (χ0v) is 11.3. The predicted molar refractivity (Wildman–Crippen MR) is 66.9 cm³/mol. The summed E-state index contributed by atoms with van der Waals surface area (Å²) < 4.78 is 23.8. The summed E-state index contributed by atoms with van der Waals surface area (Å²) in [5.74, 6) is 0.339. The topological polar surface area (TPSA) is 64.1 Å². The summed E-state index contributed by atoms with van der Waals surface area (Å²) in [6, 6.07) is 0. The number of ketones is 1. The predicted octanol–water partition coefficient (Wildman–Crippen LogP) is 1.91. The molecule has 1 aliphatic rings. The number of hydrogen-bond donors (Lipinski definition) is 0. The van der Waals surface area contributed by atoms with Gasteiger partial charge in [0.1, 0.15) is 16.0 Å². The van der Waals surface area contributed by atoms with Crippen molar-refractivity contribution in [1.29, 1.82) is 0 Å². The number of Topliss-reactive ketones (excluding diaryl/α,β-unsaturated/α-hetero) is 1. The van der Waals surface area contributed by atoms with E-state index in [0.29, 0.717) is 17.8 Å². The second kappa shape index (κ2) is 4.86. The highest BCUT2D eigenvalue weighted by molar-refractivity contribution is 7.91. The molecule has 1 aromatic rings. The summed E-state index contributed by atoms with van der Waals surface area (Å²) in [7, 11) is -3.03. The van der Waals surface area contributed by atoms with Gasteiger partial charge >= 0.3 is 0 Å². The van der Waals surface area contributed by atoms with E-state index in [1.54, 1.807) is 6.20 Å². The lowest BCUT2D eigenvalue weighted by molar-refractivity contribution is -0.116.